The molecule has 2 N–H and O–H groups in total. The van der Waals surface area contributed by atoms with Crippen molar-refractivity contribution >= 4 is 137 Å². The van der Waals surface area contributed by atoms with Crippen LogP contribution in [0.1, 0.15) is 11.1 Å². The van der Waals surface area contributed by atoms with Gasteiger partial charge in [0.25, 0.3) is 0 Å². The van der Waals surface area contributed by atoms with Gasteiger partial charge in [-0.2, -0.15) is 0 Å². The molecule has 2 aromatic rings. The van der Waals surface area contributed by atoms with E-state index in [-0.39, 0.29) is 0 Å². The van der Waals surface area contributed by atoms with E-state index in [1.54, 1.807) is 0 Å². The summed E-state index contributed by atoms with van der Waals surface area (Å²) in [5.74, 6) is 0. The van der Waals surface area contributed by atoms with Gasteiger partial charge in [0.05, 0.1) is 21.1 Å². The Balaban J connectivity index is 1.91. The molecule has 0 aliphatic carbocycles. The van der Waals surface area contributed by atoms with Gasteiger partial charge in [0.2, 0.25) is 0 Å². The molecule has 0 saturated carbocycles. The van der Waals surface area contributed by atoms with Crippen LogP contribution in [0.25, 0.3) is 0 Å². The normalized spacial score (nSPS) is 17.6. The maximum absolute atomic E-state index is 5.85. The molecule has 27 heavy (non-hydrogen) atoms. The van der Waals surface area contributed by atoms with Gasteiger partial charge >= 0.3 is 0 Å². The molecule has 2 aromatic carbocycles. The van der Waals surface area contributed by atoms with Crippen LogP contribution in [0.15, 0.2) is 27.3 Å². The molecular formula is C16H15B5N2S4. The standard InChI is InChI=1S/C16H15B5N2S4/c17-3-1-2-9(7(20)5(3)18)22-11(13(2)24)12-14(25)4-6(19)15(26)16(27)8(21)10(4)23-12/h1,22-23,26-27H,17-21H2/b12-11+. The number of benzene rings is 2. The van der Waals surface area contributed by atoms with Crippen LogP contribution in [-0.2, 0) is 0 Å². The first-order chi connectivity index (χ1) is 12.6. The number of fused-ring (bicyclic) bond motifs is 2. The Morgan fingerprint density at radius 1 is 0.704 bits per heavy atom. The Morgan fingerprint density at radius 3 is 1.93 bits per heavy atom. The van der Waals surface area contributed by atoms with E-state index >= 15 is 0 Å². The minimum Gasteiger partial charge on any atom is -0.353 e. The minimum absolute atomic E-state index is 0.776. The topological polar surface area (TPSA) is 24.1 Å². The fraction of sp³-hybridized carbons (Fsp3) is 0. The van der Waals surface area contributed by atoms with Gasteiger partial charge in [0.1, 0.15) is 39.2 Å². The van der Waals surface area contributed by atoms with Crippen molar-refractivity contribution in [1.29, 1.82) is 0 Å². The van der Waals surface area contributed by atoms with Crippen LogP contribution in [0.5, 0.6) is 0 Å². The molecule has 2 heterocycles. The lowest BCUT2D eigenvalue weighted by Crippen LogP contribution is -2.40. The van der Waals surface area contributed by atoms with Crippen LogP contribution in [0.2, 0.25) is 0 Å². The highest BCUT2D eigenvalue weighted by Crippen LogP contribution is 2.35. The van der Waals surface area contributed by atoms with Crippen molar-refractivity contribution < 1.29 is 0 Å². The maximum atomic E-state index is 5.85. The Morgan fingerprint density at radius 2 is 1.26 bits per heavy atom. The van der Waals surface area contributed by atoms with Crippen LogP contribution in [-0.4, -0.2) is 49.0 Å². The van der Waals surface area contributed by atoms with Gasteiger partial charge in [-0.1, -0.05) is 57.8 Å². The predicted octanol–water partition coefficient (Wildman–Crippen LogP) is -4.25. The quantitative estimate of drug-likeness (QED) is 0.151. The zero-order valence-electron chi connectivity index (χ0n) is 15.8. The fourth-order valence-corrected chi connectivity index (χ4v) is 5.09. The summed E-state index contributed by atoms with van der Waals surface area (Å²) in [6.45, 7) is 0. The van der Waals surface area contributed by atoms with E-state index in [0.29, 0.717) is 0 Å². The summed E-state index contributed by atoms with van der Waals surface area (Å²) in [6, 6.07) is 2.17. The third kappa shape index (κ3) is 2.62. The Hall–Kier alpha value is -1.02. The first-order valence-electron chi connectivity index (χ1n) is 8.68. The van der Waals surface area contributed by atoms with Gasteiger partial charge in [-0.25, -0.2) is 0 Å². The van der Waals surface area contributed by atoms with Crippen molar-refractivity contribution in [3.8, 4) is 0 Å². The number of nitrogens with one attached hydrogen (secondary N) is 2. The molecule has 2 aliphatic heterocycles. The summed E-state index contributed by atoms with van der Waals surface area (Å²) < 4.78 is 0. The van der Waals surface area contributed by atoms with E-state index in [2.05, 4.69) is 65.5 Å². The second-order valence-corrected chi connectivity index (χ2v) is 8.93. The Kier molecular flexibility index (Phi) is 4.66. The molecule has 0 amide bonds. The average Bonchev–Trinajstić information content (AvgIpc) is 3.14. The third-order valence-electron chi connectivity index (χ3n) is 5.77. The highest BCUT2D eigenvalue weighted by molar-refractivity contribution is 7.84. The Bertz CT molecular complexity index is 1140. The van der Waals surface area contributed by atoms with Gasteiger partial charge in [0.15, 0.2) is 0 Å². The van der Waals surface area contributed by atoms with Crippen molar-refractivity contribution in [3.05, 3.63) is 28.6 Å². The molecule has 0 radical (unpaired) electrons. The Labute approximate surface area is 185 Å². The van der Waals surface area contributed by atoms with Crippen LogP contribution in [0.4, 0.5) is 11.4 Å². The van der Waals surface area contributed by atoms with E-state index in [4.69, 9.17) is 24.4 Å². The van der Waals surface area contributed by atoms with E-state index in [1.165, 1.54) is 16.4 Å². The fourth-order valence-electron chi connectivity index (χ4n) is 3.80. The van der Waals surface area contributed by atoms with Gasteiger partial charge in [0, 0.05) is 32.3 Å². The third-order valence-corrected chi connectivity index (χ3v) is 7.90. The molecule has 0 spiro atoms. The van der Waals surface area contributed by atoms with Crippen LogP contribution >= 0.6 is 49.7 Å². The molecule has 0 fully saturated rings. The molecule has 0 saturated heterocycles. The molecule has 4 rings (SSSR count). The van der Waals surface area contributed by atoms with Gasteiger partial charge < -0.3 is 10.6 Å². The first kappa shape index (κ1) is 19.3. The molecule has 2 aliphatic rings. The van der Waals surface area contributed by atoms with Crippen LogP contribution < -0.4 is 37.9 Å². The molecule has 0 atom stereocenters. The van der Waals surface area contributed by atoms with E-state index in [0.717, 1.165) is 64.3 Å². The van der Waals surface area contributed by atoms with Crippen molar-refractivity contribution in [1.82, 2.24) is 0 Å². The number of anilines is 2. The van der Waals surface area contributed by atoms with Crippen LogP contribution in [0.3, 0.4) is 0 Å². The number of rotatable bonds is 0. The van der Waals surface area contributed by atoms with Crippen molar-refractivity contribution in [3.63, 3.8) is 0 Å². The summed E-state index contributed by atoms with van der Waals surface area (Å²) in [6.07, 6.45) is 0. The molecule has 0 unspecified atom stereocenters. The molecule has 2 nitrogen and oxygen atoms in total. The average molecular weight is 418 g/mol. The maximum Gasteiger partial charge on any atom is 0.143 e. The minimum atomic E-state index is 0.776. The second-order valence-electron chi connectivity index (χ2n) is 7.22. The lowest BCUT2D eigenvalue weighted by Gasteiger charge is -2.13. The van der Waals surface area contributed by atoms with Gasteiger partial charge in [-0.15, -0.1) is 25.3 Å². The number of thiol groups is 2. The summed E-state index contributed by atoms with van der Waals surface area (Å²) in [4.78, 5) is 3.33. The SMILES string of the molecule is Bc1cc2c(c(B)c1B)N/C(=C1/Nc3c(B)c(S)c(S)c(B)c3C1=S)C2=S. The summed E-state index contributed by atoms with van der Waals surface area (Å²) >= 11 is 20.9. The van der Waals surface area contributed by atoms with Crippen molar-refractivity contribution in [2.75, 3.05) is 10.6 Å². The van der Waals surface area contributed by atoms with E-state index in [1.807, 2.05) is 15.7 Å². The zero-order chi connectivity index (χ0) is 19.8. The molecule has 128 valence electrons. The molecular weight excluding hydrogens is 403 g/mol. The lowest BCUT2D eigenvalue weighted by molar-refractivity contribution is 1.34. The van der Waals surface area contributed by atoms with Crippen molar-refractivity contribution in [2.24, 2.45) is 0 Å². The number of hydrogen-bond acceptors (Lipinski definition) is 6. The summed E-state index contributed by atoms with van der Waals surface area (Å²) in [5.41, 5.74) is 11.8. The monoisotopic (exact) mass is 418 g/mol. The van der Waals surface area contributed by atoms with E-state index < -0.39 is 0 Å². The summed E-state index contributed by atoms with van der Waals surface area (Å²) in [7, 11) is 10.5. The van der Waals surface area contributed by atoms with Gasteiger partial charge in [-0.3, -0.25) is 0 Å². The first-order valence-corrected chi connectivity index (χ1v) is 10.4. The highest BCUT2D eigenvalue weighted by Gasteiger charge is 2.34. The molecule has 0 aromatic heterocycles. The van der Waals surface area contributed by atoms with Crippen LogP contribution in [0, 0.1) is 0 Å². The zero-order valence-corrected chi connectivity index (χ0v) is 19.2. The smallest absolute Gasteiger partial charge is 0.143 e. The number of thiocarbonyl (C=S) groups is 2. The van der Waals surface area contributed by atoms with E-state index in [9.17, 15) is 0 Å². The molecule has 11 heteroatoms. The second kappa shape index (κ2) is 6.51. The number of hydrogen-bond donors (Lipinski definition) is 4. The van der Waals surface area contributed by atoms with Gasteiger partial charge in [-0.05, 0) is 0 Å². The largest absolute Gasteiger partial charge is 0.353 e. The molecule has 0 bridgehead atoms. The number of allylic oxidation sites excluding steroid dienone is 2. The predicted molar refractivity (Wildman–Crippen MR) is 146 cm³/mol. The highest BCUT2D eigenvalue weighted by atomic mass is 32.1. The van der Waals surface area contributed by atoms with Crippen molar-refractivity contribution in [2.45, 2.75) is 9.79 Å². The summed E-state index contributed by atoms with van der Waals surface area (Å²) in [5, 5.41) is 7.07. The lowest BCUT2D eigenvalue weighted by atomic mass is 9.70.